The van der Waals surface area contributed by atoms with E-state index < -0.39 is 0 Å². The van der Waals surface area contributed by atoms with Crippen LogP contribution in [0.25, 0.3) is 0 Å². The van der Waals surface area contributed by atoms with Gasteiger partial charge in [0.1, 0.15) is 0 Å². The van der Waals surface area contributed by atoms with Crippen molar-refractivity contribution in [3.63, 3.8) is 0 Å². The first-order chi connectivity index (χ1) is 8.81. The monoisotopic (exact) mass is 260 g/mol. The molecule has 0 aromatic carbocycles. The Kier molecular flexibility index (Phi) is 4.47. The van der Waals surface area contributed by atoms with Gasteiger partial charge in [-0.15, -0.1) is 11.3 Å². The molecule has 0 fully saturated rings. The van der Waals surface area contributed by atoms with Gasteiger partial charge >= 0.3 is 0 Å². The van der Waals surface area contributed by atoms with E-state index in [9.17, 15) is 4.79 Å². The summed E-state index contributed by atoms with van der Waals surface area (Å²) in [6.45, 7) is 3.50. The standard InChI is InChI=1S/C14H16N2OS/c1-2-16(14(17)13-4-3-11-18-13)10-7-12-5-8-15-9-6-12/h3-6,8-9,11H,2,7,10H2,1H3. The second kappa shape index (κ2) is 6.31. The second-order valence-electron chi connectivity index (χ2n) is 3.97. The largest absolute Gasteiger partial charge is 0.338 e. The molecule has 0 unspecified atom stereocenters. The van der Waals surface area contributed by atoms with E-state index in [0.29, 0.717) is 0 Å². The molecule has 2 aromatic heterocycles. The lowest BCUT2D eigenvalue weighted by Crippen LogP contribution is -2.32. The van der Waals surface area contributed by atoms with Crippen LogP contribution in [0.3, 0.4) is 0 Å². The van der Waals surface area contributed by atoms with E-state index in [4.69, 9.17) is 0 Å². The number of pyridine rings is 1. The quantitative estimate of drug-likeness (QED) is 0.828. The average Bonchev–Trinajstić information content (AvgIpc) is 2.94. The van der Waals surface area contributed by atoms with Crippen LogP contribution in [-0.4, -0.2) is 28.9 Å². The summed E-state index contributed by atoms with van der Waals surface area (Å²) in [6.07, 6.45) is 4.44. The molecule has 2 heterocycles. The molecule has 2 aromatic rings. The summed E-state index contributed by atoms with van der Waals surface area (Å²) in [5.74, 6) is 0.126. The first-order valence-electron chi connectivity index (χ1n) is 6.03. The van der Waals surface area contributed by atoms with Crippen LogP contribution in [-0.2, 0) is 6.42 Å². The topological polar surface area (TPSA) is 33.2 Å². The van der Waals surface area contributed by atoms with Gasteiger partial charge in [0.25, 0.3) is 5.91 Å². The number of hydrogen-bond acceptors (Lipinski definition) is 3. The highest BCUT2D eigenvalue weighted by Crippen LogP contribution is 2.12. The summed E-state index contributed by atoms with van der Waals surface area (Å²) >= 11 is 1.50. The van der Waals surface area contributed by atoms with Gasteiger partial charge in [-0.05, 0) is 42.5 Å². The Morgan fingerprint density at radius 2 is 2.11 bits per heavy atom. The smallest absolute Gasteiger partial charge is 0.263 e. The van der Waals surface area contributed by atoms with Crippen molar-refractivity contribution in [2.75, 3.05) is 13.1 Å². The second-order valence-corrected chi connectivity index (χ2v) is 4.92. The third-order valence-corrected chi connectivity index (χ3v) is 3.68. The van der Waals surface area contributed by atoms with Crippen molar-refractivity contribution in [2.24, 2.45) is 0 Å². The van der Waals surface area contributed by atoms with E-state index in [1.54, 1.807) is 12.4 Å². The first kappa shape index (κ1) is 12.8. The van der Waals surface area contributed by atoms with E-state index in [2.05, 4.69) is 4.98 Å². The number of amides is 1. The third-order valence-electron chi connectivity index (χ3n) is 2.82. The minimum Gasteiger partial charge on any atom is -0.338 e. The van der Waals surface area contributed by atoms with Gasteiger partial charge < -0.3 is 4.90 Å². The van der Waals surface area contributed by atoms with Crippen molar-refractivity contribution >= 4 is 17.2 Å². The lowest BCUT2D eigenvalue weighted by atomic mass is 10.2. The molecule has 0 radical (unpaired) electrons. The fraction of sp³-hybridized carbons (Fsp3) is 0.286. The Morgan fingerprint density at radius 1 is 1.33 bits per heavy atom. The van der Waals surface area contributed by atoms with Gasteiger partial charge in [-0.1, -0.05) is 6.07 Å². The zero-order valence-corrected chi connectivity index (χ0v) is 11.2. The Balaban J connectivity index is 1.96. The van der Waals surface area contributed by atoms with Crippen molar-refractivity contribution in [3.05, 3.63) is 52.5 Å². The molecule has 4 heteroatoms. The highest BCUT2D eigenvalue weighted by atomic mass is 32.1. The molecule has 0 aliphatic rings. The van der Waals surface area contributed by atoms with Crippen molar-refractivity contribution in [3.8, 4) is 0 Å². The van der Waals surface area contributed by atoms with Crippen LogP contribution < -0.4 is 0 Å². The van der Waals surface area contributed by atoms with E-state index in [0.717, 1.165) is 24.4 Å². The summed E-state index contributed by atoms with van der Waals surface area (Å²) in [7, 11) is 0. The lowest BCUT2D eigenvalue weighted by molar-refractivity contribution is 0.0771. The molecular formula is C14H16N2OS. The molecule has 0 saturated heterocycles. The van der Waals surface area contributed by atoms with Gasteiger partial charge in [0, 0.05) is 25.5 Å². The summed E-state index contributed by atoms with van der Waals surface area (Å²) in [6, 6.07) is 7.77. The van der Waals surface area contributed by atoms with Gasteiger partial charge in [0.2, 0.25) is 0 Å². The highest BCUT2D eigenvalue weighted by Gasteiger charge is 2.14. The molecule has 94 valence electrons. The van der Waals surface area contributed by atoms with Crippen LogP contribution in [0.1, 0.15) is 22.2 Å². The number of nitrogens with zero attached hydrogens (tertiary/aromatic N) is 2. The third kappa shape index (κ3) is 3.17. The van der Waals surface area contributed by atoms with E-state index in [1.807, 2.05) is 41.5 Å². The molecule has 0 saturated carbocycles. The number of rotatable bonds is 5. The fourth-order valence-electron chi connectivity index (χ4n) is 1.77. The predicted molar refractivity (Wildman–Crippen MR) is 73.8 cm³/mol. The van der Waals surface area contributed by atoms with E-state index in [-0.39, 0.29) is 5.91 Å². The Morgan fingerprint density at radius 3 is 2.72 bits per heavy atom. The number of aromatic nitrogens is 1. The zero-order chi connectivity index (χ0) is 12.8. The van der Waals surface area contributed by atoms with Crippen molar-refractivity contribution < 1.29 is 4.79 Å². The maximum absolute atomic E-state index is 12.2. The maximum atomic E-state index is 12.2. The van der Waals surface area contributed by atoms with Crippen LogP contribution in [0.2, 0.25) is 0 Å². The van der Waals surface area contributed by atoms with Gasteiger partial charge in [-0.3, -0.25) is 9.78 Å². The normalized spacial score (nSPS) is 10.3. The Labute approximate surface area is 111 Å². The minimum absolute atomic E-state index is 0.126. The maximum Gasteiger partial charge on any atom is 0.263 e. The van der Waals surface area contributed by atoms with Gasteiger partial charge in [-0.2, -0.15) is 0 Å². The summed E-state index contributed by atoms with van der Waals surface area (Å²) in [5.41, 5.74) is 1.21. The molecule has 2 rings (SSSR count). The van der Waals surface area contributed by atoms with E-state index in [1.165, 1.54) is 16.9 Å². The molecule has 0 aliphatic heterocycles. The van der Waals surface area contributed by atoms with Crippen molar-refractivity contribution in [1.82, 2.24) is 9.88 Å². The SMILES string of the molecule is CCN(CCc1ccncc1)C(=O)c1cccs1. The molecule has 3 nitrogen and oxygen atoms in total. The summed E-state index contributed by atoms with van der Waals surface area (Å²) < 4.78 is 0. The molecule has 0 atom stereocenters. The molecule has 18 heavy (non-hydrogen) atoms. The number of carbonyl (C=O) groups excluding carboxylic acids is 1. The number of thiophene rings is 1. The van der Waals surface area contributed by atoms with Crippen LogP contribution in [0.5, 0.6) is 0 Å². The molecule has 0 spiro atoms. The van der Waals surface area contributed by atoms with E-state index >= 15 is 0 Å². The Hall–Kier alpha value is -1.68. The molecule has 0 N–H and O–H groups in total. The molecule has 0 bridgehead atoms. The average molecular weight is 260 g/mol. The number of likely N-dealkylation sites (N-methyl/N-ethyl adjacent to an activating group) is 1. The van der Waals surface area contributed by atoms with Crippen LogP contribution in [0, 0.1) is 0 Å². The van der Waals surface area contributed by atoms with Crippen molar-refractivity contribution in [1.29, 1.82) is 0 Å². The molecular weight excluding hydrogens is 244 g/mol. The highest BCUT2D eigenvalue weighted by molar-refractivity contribution is 7.12. The van der Waals surface area contributed by atoms with Crippen LogP contribution >= 0.6 is 11.3 Å². The van der Waals surface area contributed by atoms with Gasteiger partial charge in [0.15, 0.2) is 0 Å². The lowest BCUT2D eigenvalue weighted by Gasteiger charge is -2.20. The summed E-state index contributed by atoms with van der Waals surface area (Å²) in [4.78, 5) is 18.9. The molecule has 0 aliphatic carbocycles. The van der Waals surface area contributed by atoms with Crippen molar-refractivity contribution in [2.45, 2.75) is 13.3 Å². The van der Waals surface area contributed by atoms with Crippen LogP contribution in [0.4, 0.5) is 0 Å². The van der Waals surface area contributed by atoms with Gasteiger partial charge in [-0.25, -0.2) is 0 Å². The first-order valence-corrected chi connectivity index (χ1v) is 6.91. The number of hydrogen-bond donors (Lipinski definition) is 0. The zero-order valence-electron chi connectivity index (χ0n) is 10.4. The van der Waals surface area contributed by atoms with Crippen LogP contribution in [0.15, 0.2) is 42.0 Å². The number of carbonyl (C=O) groups is 1. The summed E-state index contributed by atoms with van der Waals surface area (Å²) in [5, 5.41) is 1.93. The van der Waals surface area contributed by atoms with Gasteiger partial charge in [0.05, 0.1) is 4.88 Å². The predicted octanol–water partition coefficient (Wildman–Crippen LogP) is 2.85. The Bertz CT molecular complexity index is 482. The minimum atomic E-state index is 0.126. The fourth-order valence-corrected chi connectivity index (χ4v) is 2.46. The molecule has 1 amide bonds.